The van der Waals surface area contributed by atoms with Gasteiger partial charge in [-0.15, -0.1) is 0 Å². The molecule has 0 saturated heterocycles. The fourth-order valence-corrected chi connectivity index (χ4v) is 2.93. The van der Waals surface area contributed by atoms with Crippen LogP contribution in [0, 0.1) is 12.5 Å². The van der Waals surface area contributed by atoms with Crippen molar-refractivity contribution in [3.8, 4) is 22.6 Å². The van der Waals surface area contributed by atoms with Crippen LogP contribution in [-0.2, 0) is 13.6 Å². The first-order valence-corrected chi connectivity index (χ1v) is 9.12. The molecule has 0 aliphatic rings. The average Bonchev–Trinajstić information content (AvgIpc) is 3.19. The highest BCUT2D eigenvalue weighted by Crippen LogP contribution is 2.27. The molecule has 0 saturated carbocycles. The molecule has 0 radical (unpaired) electrons. The third kappa shape index (κ3) is 4.16. The molecule has 8 heteroatoms. The molecule has 1 aromatic carbocycles. The molecule has 0 unspecified atom stereocenters. The summed E-state index contributed by atoms with van der Waals surface area (Å²) in [6, 6.07) is 11.6. The van der Waals surface area contributed by atoms with Crippen molar-refractivity contribution in [3.63, 3.8) is 0 Å². The minimum absolute atomic E-state index is 0.482. The minimum Gasteiger partial charge on any atom is -0.364 e. The zero-order valence-corrected chi connectivity index (χ0v) is 16.2. The normalized spacial score (nSPS) is 10.7. The number of nitrogens with one attached hydrogen (secondary N) is 2. The Bertz CT molecular complexity index is 1150. The standard InChI is InChI=1S/C21H20N8/c1-14-9-23-20(24-10-14)16-5-3-4-15(8-16)11-25-21-19(28-22)7-6-18(27-21)17-12-26-29(2)13-17/h3-10,12-13,22H,11H2,1-2H3,(H,25,27). The van der Waals surface area contributed by atoms with E-state index in [0.717, 1.165) is 27.9 Å². The fourth-order valence-electron chi connectivity index (χ4n) is 2.93. The molecular weight excluding hydrogens is 364 g/mol. The van der Waals surface area contributed by atoms with Crippen LogP contribution in [0.2, 0.25) is 0 Å². The molecule has 2 N–H and O–H groups in total. The van der Waals surface area contributed by atoms with Gasteiger partial charge in [0.15, 0.2) is 11.6 Å². The zero-order chi connectivity index (χ0) is 20.2. The number of aryl methyl sites for hydroxylation is 2. The van der Waals surface area contributed by atoms with Crippen LogP contribution in [0.5, 0.6) is 0 Å². The number of nitrogens with zero attached hydrogens (tertiary/aromatic N) is 6. The molecule has 8 nitrogen and oxygen atoms in total. The van der Waals surface area contributed by atoms with Gasteiger partial charge in [-0.2, -0.15) is 10.2 Å². The summed E-state index contributed by atoms with van der Waals surface area (Å²) in [5.74, 6) is 1.24. The van der Waals surface area contributed by atoms with Crippen molar-refractivity contribution in [1.82, 2.24) is 24.7 Å². The van der Waals surface area contributed by atoms with Crippen LogP contribution < -0.4 is 5.32 Å². The molecule has 0 fully saturated rings. The van der Waals surface area contributed by atoms with Crippen molar-refractivity contribution in [2.45, 2.75) is 13.5 Å². The smallest absolute Gasteiger partial charge is 0.159 e. The number of aromatic nitrogens is 5. The third-order valence-electron chi connectivity index (χ3n) is 4.42. The van der Waals surface area contributed by atoms with Gasteiger partial charge in [-0.3, -0.25) is 4.68 Å². The summed E-state index contributed by atoms with van der Waals surface area (Å²) in [4.78, 5) is 13.4. The molecule has 29 heavy (non-hydrogen) atoms. The molecule has 0 bridgehead atoms. The van der Waals surface area contributed by atoms with Gasteiger partial charge in [0.25, 0.3) is 0 Å². The van der Waals surface area contributed by atoms with Crippen LogP contribution in [-0.4, -0.2) is 24.7 Å². The van der Waals surface area contributed by atoms with Gasteiger partial charge in [0.2, 0.25) is 0 Å². The summed E-state index contributed by atoms with van der Waals surface area (Å²) in [7, 11) is 1.86. The second-order valence-corrected chi connectivity index (χ2v) is 6.72. The first-order chi connectivity index (χ1) is 14.1. The molecule has 0 amide bonds. The Labute approximate surface area is 168 Å². The summed E-state index contributed by atoms with van der Waals surface area (Å²) in [6.07, 6.45) is 7.27. The van der Waals surface area contributed by atoms with Crippen molar-refractivity contribution in [2.75, 3.05) is 5.32 Å². The molecule has 4 aromatic rings. The van der Waals surface area contributed by atoms with E-state index in [-0.39, 0.29) is 0 Å². The van der Waals surface area contributed by atoms with E-state index in [1.807, 2.05) is 62.9 Å². The van der Waals surface area contributed by atoms with Crippen molar-refractivity contribution in [3.05, 3.63) is 72.3 Å². The SMILES string of the molecule is Cc1cnc(-c2cccc(CNc3nc(-c4cnn(C)c4)ccc3N=N)c2)nc1. The molecular formula is C21H20N8. The number of benzene rings is 1. The summed E-state index contributed by atoms with van der Waals surface area (Å²) < 4.78 is 1.73. The van der Waals surface area contributed by atoms with Crippen molar-refractivity contribution < 1.29 is 0 Å². The molecule has 3 heterocycles. The van der Waals surface area contributed by atoms with Gasteiger partial charge in [0, 0.05) is 43.3 Å². The van der Waals surface area contributed by atoms with Crippen LogP contribution in [0.3, 0.4) is 0 Å². The van der Waals surface area contributed by atoms with Crippen molar-refractivity contribution >= 4 is 11.5 Å². The highest BCUT2D eigenvalue weighted by Gasteiger charge is 2.09. The lowest BCUT2D eigenvalue weighted by molar-refractivity contribution is 0.768. The van der Waals surface area contributed by atoms with E-state index in [9.17, 15) is 0 Å². The molecule has 0 aliphatic carbocycles. The van der Waals surface area contributed by atoms with Crippen LogP contribution in [0.4, 0.5) is 11.5 Å². The summed E-state index contributed by atoms with van der Waals surface area (Å²) in [6.45, 7) is 2.50. The highest BCUT2D eigenvalue weighted by atomic mass is 15.2. The monoisotopic (exact) mass is 384 g/mol. The third-order valence-corrected chi connectivity index (χ3v) is 4.42. The maximum Gasteiger partial charge on any atom is 0.159 e. The van der Waals surface area contributed by atoms with Gasteiger partial charge in [0.05, 0.1) is 11.9 Å². The Morgan fingerprint density at radius 2 is 1.90 bits per heavy atom. The Kier molecular flexibility index (Phi) is 5.07. The van der Waals surface area contributed by atoms with E-state index in [2.05, 4.69) is 30.5 Å². The van der Waals surface area contributed by atoms with E-state index in [4.69, 9.17) is 5.53 Å². The Hall–Kier alpha value is -3.94. The number of hydrogen-bond donors (Lipinski definition) is 2. The van der Waals surface area contributed by atoms with E-state index < -0.39 is 0 Å². The lowest BCUT2D eigenvalue weighted by Crippen LogP contribution is -2.02. The quantitative estimate of drug-likeness (QED) is 0.476. The second-order valence-electron chi connectivity index (χ2n) is 6.72. The van der Waals surface area contributed by atoms with E-state index in [0.29, 0.717) is 23.9 Å². The van der Waals surface area contributed by atoms with Gasteiger partial charge in [0.1, 0.15) is 5.69 Å². The maximum absolute atomic E-state index is 7.42. The second kappa shape index (κ2) is 7.97. The summed E-state index contributed by atoms with van der Waals surface area (Å²) >= 11 is 0. The number of pyridine rings is 1. The van der Waals surface area contributed by atoms with Crippen LogP contribution in [0.15, 0.2) is 66.3 Å². The van der Waals surface area contributed by atoms with Gasteiger partial charge in [-0.1, -0.05) is 18.2 Å². The zero-order valence-electron chi connectivity index (χ0n) is 16.2. The largest absolute Gasteiger partial charge is 0.364 e. The first kappa shape index (κ1) is 18.4. The van der Waals surface area contributed by atoms with Gasteiger partial charge in [-0.25, -0.2) is 20.5 Å². The Morgan fingerprint density at radius 3 is 2.62 bits per heavy atom. The van der Waals surface area contributed by atoms with Gasteiger partial charge >= 0.3 is 0 Å². The maximum atomic E-state index is 7.42. The molecule has 4 rings (SSSR count). The highest BCUT2D eigenvalue weighted by molar-refractivity contribution is 5.68. The predicted molar refractivity (Wildman–Crippen MR) is 111 cm³/mol. The summed E-state index contributed by atoms with van der Waals surface area (Å²) in [5, 5.41) is 11.1. The molecule has 144 valence electrons. The van der Waals surface area contributed by atoms with Crippen molar-refractivity contribution in [1.29, 1.82) is 5.53 Å². The van der Waals surface area contributed by atoms with Crippen molar-refractivity contribution in [2.24, 2.45) is 12.2 Å². The fraction of sp³-hybridized carbons (Fsp3) is 0.143. The average molecular weight is 384 g/mol. The van der Waals surface area contributed by atoms with Crippen LogP contribution in [0.1, 0.15) is 11.1 Å². The van der Waals surface area contributed by atoms with E-state index in [1.165, 1.54) is 0 Å². The lowest BCUT2D eigenvalue weighted by Gasteiger charge is -2.10. The predicted octanol–water partition coefficient (Wildman–Crippen LogP) is 4.52. The number of hydrogen-bond acceptors (Lipinski definition) is 7. The summed E-state index contributed by atoms with van der Waals surface area (Å²) in [5.41, 5.74) is 12.6. The minimum atomic E-state index is 0.482. The molecule has 0 aliphatic heterocycles. The van der Waals surface area contributed by atoms with Gasteiger partial charge < -0.3 is 5.32 Å². The van der Waals surface area contributed by atoms with E-state index >= 15 is 0 Å². The molecule has 0 atom stereocenters. The number of rotatable bonds is 6. The van der Waals surface area contributed by atoms with Crippen LogP contribution >= 0.6 is 0 Å². The number of anilines is 1. The topological polar surface area (TPSA) is 105 Å². The molecule has 3 aromatic heterocycles. The first-order valence-electron chi connectivity index (χ1n) is 9.12. The Morgan fingerprint density at radius 1 is 1.07 bits per heavy atom. The van der Waals surface area contributed by atoms with Gasteiger partial charge in [-0.05, 0) is 36.2 Å². The lowest BCUT2D eigenvalue weighted by atomic mass is 10.1. The molecule has 0 spiro atoms. The van der Waals surface area contributed by atoms with E-state index in [1.54, 1.807) is 16.9 Å². The Balaban J connectivity index is 1.56. The van der Waals surface area contributed by atoms with Crippen LogP contribution in [0.25, 0.3) is 22.6 Å².